The Kier molecular flexibility index (Phi) is 1.98. The van der Waals surface area contributed by atoms with E-state index in [1.165, 1.54) is 12.8 Å². The van der Waals surface area contributed by atoms with Gasteiger partial charge in [0.15, 0.2) is 11.4 Å². The second-order valence-electron chi connectivity index (χ2n) is 3.77. The first-order valence-corrected chi connectivity index (χ1v) is 4.81. The van der Waals surface area contributed by atoms with Gasteiger partial charge < -0.3 is 10.5 Å². The molecule has 4 heteroatoms. The first kappa shape index (κ1) is 8.53. The molecule has 1 saturated carbocycles. The smallest absolute Gasteiger partial charge is 0.433 e. The highest BCUT2D eigenvalue weighted by atomic mass is 16.6. The number of hydrogen-bond acceptors (Lipinski definition) is 3. The molecule has 0 aromatic carbocycles. The molecule has 0 radical (unpaired) electrons. The molecular formula is C9H14N2O2. The topological polar surface area (TPSA) is 64.7 Å². The molecule has 2 N–H and O–H groups in total. The molecule has 13 heavy (non-hydrogen) atoms. The highest BCUT2D eigenvalue weighted by molar-refractivity contribution is 6.01. The Morgan fingerprint density at radius 1 is 1.23 bits per heavy atom. The van der Waals surface area contributed by atoms with Crippen molar-refractivity contribution >= 4 is 11.9 Å². The number of amides is 1. The van der Waals surface area contributed by atoms with Gasteiger partial charge in [-0.2, -0.15) is 4.99 Å². The zero-order valence-corrected chi connectivity index (χ0v) is 7.58. The standard InChI is InChI=1S/C9H14N2O2/c10-7-9(13-8(12)11-7)5-3-1-2-4-6-9/h1-6H2,(H2,10,11,12). The fourth-order valence-corrected chi connectivity index (χ4v) is 2.10. The summed E-state index contributed by atoms with van der Waals surface area (Å²) >= 11 is 0. The Labute approximate surface area is 77.2 Å². The maximum atomic E-state index is 10.9. The van der Waals surface area contributed by atoms with Crippen LogP contribution in [0.5, 0.6) is 0 Å². The summed E-state index contributed by atoms with van der Waals surface area (Å²) < 4.78 is 5.21. The molecule has 2 aliphatic rings. The first-order chi connectivity index (χ1) is 6.23. The zero-order chi connectivity index (χ0) is 9.31. The van der Waals surface area contributed by atoms with E-state index in [1.807, 2.05) is 0 Å². The Hall–Kier alpha value is -1.06. The molecule has 1 aliphatic carbocycles. The van der Waals surface area contributed by atoms with Crippen molar-refractivity contribution in [2.24, 2.45) is 10.7 Å². The molecule has 2 rings (SSSR count). The third-order valence-corrected chi connectivity index (χ3v) is 2.87. The normalized spacial score (nSPS) is 26.8. The average Bonchev–Trinajstić information content (AvgIpc) is 2.29. The van der Waals surface area contributed by atoms with E-state index in [1.54, 1.807) is 0 Å². The van der Waals surface area contributed by atoms with E-state index in [4.69, 9.17) is 10.5 Å². The van der Waals surface area contributed by atoms with E-state index >= 15 is 0 Å². The van der Waals surface area contributed by atoms with Crippen molar-refractivity contribution in [3.63, 3.8) is 0 Å². The Bertz CT molecular complexity index is 252. The quantitative estimate of drug-likeness (QED) is 0.618. The number of aliphatic imine (C=N–C) groups is 1. The second-order valence-corrected chi connectivity index (χ2v) is 3.77. The summed E-state index contributed by atoms with van der Waals surface area (Å²) in [4.78, 5) is 14.6. The van der Waals surface area contributed by atoms with Gasteiger partial charge in [-0.25, -0.2) is 4.79 Å². The first-order valence-electron chi connectivity index (χ1n) is 4.81. The third-order valence-electron chi connectivity index (χ3n) is 2.87. The maximum Gasteiger partial charge on any atom is 0.436 e. The van der Waals surface area contributed by atoms with Gasteiger partial charge in [-0.05, 0) is 25.7 Å². The van der Waals surface area contributed by atoms with Crippen molar-refractivity contribution in [3.8, 4) is 0 Å². The van der Waals surface area contributed by atoms with Crippen molar-refractivity contribution < 1.29 is 9.53 Å². The molecule has 1 amide bonds. The highest BCUT2D eigenvalue weighted by Gasteiger charge is 2.43. The van der Waals surface area contributed by atoms with Crippen LogP contribution in [0, 0.1) is 0 Å². The van der Waals surface area contributed by atoms with Crippen molar-refractivity contribution in [2.75, 3.05) is 0 Å². The van der Waals surface area contributed by atoms with Gasteiger partial charge in [-0.15, -0.1) is 0 Å². The van der Waals surface area contributed by atoms with E-state index in [0.717, 1.165) is 25.7 Å². The number of rotatable bonds is 0. The largest absolute Gasteiger partial charge is 0.436 e. The fraction of sp³-hybridized carbons (Fsp3) is 0.778. The van der Waals surface area contributed by atoms with Crippen molar-refractivity contribution in [1.29, 1.82) is 0 Å². The van der Waals surface area contributed by atoms with Gasteiger partial charge in [0, 0.05) is 0 Å². The molecule has 0 aromatic heterocycles. The van der Waals surface area contributed by atoms with Gasteiger partial charge in [-0.3, -0.25) is 0 Å². The summed E-state index contributed by atoms with van der Waals surface area (Å²) in [7, 11) is 0. The number of ether oxygens (including phenoxy) is 1. The number of nitrogens with two attached hydrogens (primary N) is 1. The van der Waals surface area contributed by atoms with Crippen LogP contribution in [-0.2, 0) is 4.74 Å². The van der Waals surface area contributed by atoms with Crippen LogP contribution >= 0.6 is 0 Å². The fourth-order valence-electron chi connectivity index (χ4n) is 2.10. The zero-order valence-electron chi connectivity index (χ0n) is 7.58. The van der Waals surface area contributed by atoms with Crippen LogP contribution < -0.4 is 5.73 Å². The highest BCUT2D eigenvalue weighted by Crippen LogP contribution is 2.33. The second kappa shape index (κ2) is 3.01. The lowest BCUT2D eigenvalue weighted by Crippen LogP contribution is -2.42. The van der Waals surface area contributed by atoms with Crippen LogP contribution in [-0.4, -0.2) is 17.5 Å². The number of hydrogen-bond donors (Lipinski definition) is 1. The summed E-state index contributed by atoms with van der Waals surface area (Å²) in [5.41, 5.74) is 5.17. The van der Waals surface area contributed by atoms with Crippen LogP contribution in [0.1, 0.15) is 38.5 Å². The lowest BCUT2D eigenvalue weighted by atomic mass is 9.93. The molecule has 0 saturated heterocycles. The summed E-state index contributed by atoms with van der Waals surface area (Å²) in [6.07, 6.45) is 5.72. The van der Waals surface area contributed by atoms with Crippen LogP contribution in [0.15, 0.2) is 4.99 Å². The predicted octanol–water partition coefficient (Wildman–Crippen LogP) is 1.59. The summed E-state index contributed by atoms with van der Waals surface area (Å²) in [5.74, 6) is 0.388. The molecule has 0 bridgehead atoms. The van der Waals surface area contributed by atoms with Crippen molar-refractivity contribution in [2.45, 2.75) is 44.1 Å². The monoisotopic (exact) mass is 182 g/mol. The van der Waals surface area contributed by atoms with Crippen molar-refractivity contribution in [3.05, 3.63) is 0 Å². The average molecular weight is 182 g/mol. The van der Waals surface area contributed by atoms with Gasteiger partial charge >= 0.3 is 6.09 Å². The number of nitrogens with zero attached hydrogens (tertiary/aromatic N) is 1. The third kappa shape index (κ3) is 1.41. The molecule has 1 spiro atoms. The molecule has 1 fully saturated rings. The van der Waals surface area contributed by atoms with Crippen LogP contribution in [0.2, 0.25) is 0 Å². The van der Waals surface area contributed by atoms with Gasteiger partial charge in [-0.1, -0.05) is 12.8 Å². The van der Waals surface area contributed by atoms with Crippen LogP contribution in [0.4, 0.5) is 4.79 Å². The van der Waals surface area contributed by atoms with E-state index in [9.17, 15) is 4.79 Å². The molecule has 1 heterocycles. The lowest BCUT2D eigenvalue weighted by Gasteiger charge is -2.25. The number of carbonyl (C=O) groups excluding carboxylic acids is 1. The Morgan fingerprint density at radius 3 is 2.31 bits per heavy atom. The van der Waals surface area contributed by atoms with Crippen LogP contribution in [0.25, 0.3) is 0 Å². The summed E-state index contributed by atoms with van der Waals surface area (Å²) in [5, 5.41) is 0. The molecule has 0 unspecified atom stereocenters. The minimum Gasteiger partial charge on any atom is -0.433 e. The van der Waals surface area contributed by atoms with Gasteiger partial charge in [0.25, 0.3) is 0 Å². The van der Waals surface area contributed by atoms with E-state index in [0.29, 0.717) is 5.84 Å². The van der Waals surface area contributed by atoms with Gasteiger partial charge in [0.05, 0.1) is 0 Å². The summed E-state index contributed by atoms with van der Waals surface area (Å²) in [6.45, 7) is 0. The molecule has 4 nitrogen and oxygen atoms in total. The molecule has 1 aliphatic heterocycles. The SMILES string of the molecule is NC1=NC(=O)OC12CCCCCC2. The Morgan fingerprint density at radius 2 is 1.85 bits per heavy atom. The Balaban J connectivity index is 2.19. The molecular weight excluding hydrogens is 168 g/mol. The van der Waals surface area contributed by atoms with Gasteiger partial charge in [0.1, 0.15) is 0 Å². The molecule has 72 valence electrons. The minimum atomic E-state index is -0.534. The predicted molar refractivity (Wildman–Crippen MR) is 48.5 cm³/mol. The minimum absolute atomic E-state index is 0.388. The van der Waals surface area contributed by atoms with E-state index in [2.05, 4.69) is 4.99 Å². The van der Waals surface area contributed by atoms with Crippen molar-refractivity contribution in [1.82, 2.24) is 0 Å². The summed E-state index contributed by atoms with van der Waals surface area (Å²) in [6, 6.07) is 0. The number of amidine groups is 1. The lowest BCUT2D eigenvalue weighted by molar-refractivity contribution is 0.0699. The molecule has 0 aromatic rings. The van der Waals surface area contributed by atoms with E-state index in [-0.39, 0.29) is 0 Å². The van der Waals surface area contributed by atoms with E-state index < -0.39 is 11.7 Å². The number of carbonyl (C=O) groups is 1. The molecule has 0 atom stereocenters. The maximum absolute atomic E-state index is 10.9. The van der Waals surface area contributed by atoms with Gasteiger partial charge in [0.2, 0.25) is 0 Å². The van der Waals surface area contributed by atoms with Crippen LogP contribution in [0.3, 0.4) is 0 Å².